The quantitative estimate of drug-likeness (QED) is 0.758. The first-order chi connectivity index (χ1) is 13.3. The molecule has 0 aliphatic carbocycles. The Morgan fingerprint density at radius 2 is 1.75 bits per heavy atom. The Balaban J connectivity index is 1.60. The van der Waals surface area contributed by atoms with Gasteiger partial charge in [0.15, 0.2) is 6.61 Å². The Kier molecular flexibility index (Phi) is 5.95. The molecule has 0 N–H and O–H groups in total. The van der Waals surface area contributed by atoms with Gasteiger partial charge in [-0.05, 0) is 36.8 Å². The summed E-state index contributed by atoms with van der Waals surface area (Å²) in [4.78, 5) is 13.1. The molecular weight excluding hydrogens is 390 g/mol. The average Bonchev–Trinajstić information content (AvgIpc) is 2.69. The third kappa shape index (κ3) is 4.31. The topological polar surface area (TPSA) is 66.9 Å². The lowest BCUT2D eigenvalue weighted by molar-refractivity contribution is -0.134. The Hall–Kier alpha value is -2.52. The van der Waals surface area contributed by atoms with Gasteiger partial charge in [-0.25, -0.2) is 17.2 Å². The highest BCUT2D eigenvalue weighted by Crippen LogP contribution is 2.22. The van der Waals surface area contributed by atoms with Gasteiger partial charge >= 0.3 is 0 Å². The summed E-state index contributed by atoms with van der Waals surface area (Å²) in [7, 11) is -4.18. The molecule has 9 heteroatoms. The molecule has 2 aromatic carbocycles. The highest BCUT2D eigenvalue weighted by atomic mass is 32.2. The smallest absolute Gasteiger partial charge is 0.260 e. The Labute approximate surface area is 162 Å². The number of sulfonamides is 1. The molecule has 0 saturated carbocycles. The second-order valence-corrected chi connectivity index (χ2v) is 8.32. The zero-order valence-corrected chi connectivity index (χ0v) is 16.1. The number of benzene rings is 2. The van der Waals surface area contributed by atoms with E-state index in [-0.39, 0.29) is 38.7 Å². The van der Waals surface area contributed by atoms with E-state index in [9.17, 15) is 22.0 Å². The van der Waals surface area contributed by atoms with Crippen molar-refractivity contribution in [1.82, 2.24) is 9.21 Å². The molecule has 1 aliphatic rings. The van der Waals surface area contributed by atoms with Gasteiger partial charge in [-0.3, -0.25) is 4.79 Å². The molecule has 0 unspecified atom stereocenters. The van der Waals surface area contributed by atoms with Crippen molar-refractivity contribution >= 4 is 15.9 Å². The van der Waals surface area contributed by atoms with E-state index in [0.29, 0.717) is 11.8 Å². The van der Waals surface area contributed by atoms with Crippen molar-refractivity contribution in [2.75, 3.05) is 32.8 Å². The summed E-state index contributed by atoms with van der Waals surface area (Å²) in [6.07, 6.45) is 0. The molecule has 1 aliphatic heterocycles. The summed E-state index contributed by atoms with van der Waals surface area (Å²) in [5, 5.41) is 0. The fourth-order valence-corrected chi connectivity index (χ4v) is 4.44. The molecule has 1 saturated heterocycles. The molecule has 0 radical (unpaired) electrons. The van der Waals surface area contributed by atoms with Crippen LogP contribution in [-0.2, 0) is 14.8 Å². The van der Waals surface area contributed by atoms with Crippen LogP contribution in [0.15, 0.2) is 47.4 Å². The van der Waals surface area contributed by atoms with Gasteiger partial charge in [0.05, 0.1) is 0 Å². The van der Waals surface area contributed by atoms with Gasteiger partial charge in [0, 0.05) is 26.2 Å². The largest absolute Gasteiger partial charge is 0.484 e. The summed E-state index contributed by atoms with van der Waals surface area (Å²) in [6, 6.07) is 9.62. The second kappa shape index (κ2) is 8.24. The fraction of sp³-hybridized carbons (Fsp3) is 0.316. The van der Waals surface area contributed by atoms with E-state index in [0.717, 1.165) is 22.0 Å². The zero-order chi connectivity index (χ0) is 20.3. The highest BCUT2D eigenvalue weighted by Gasteiger charge is 2.32. The molecule has 6 nitrogen and oxygen atoms in total. The molecular formula is C19H20F2N2O4S. The molecule has 1 amide bonds. The summed E-state index contributed by atoms with van der Waals surface area (Å²) in [5.41, 5.74) is 0.906. The number of ether oxygens (including phenoxy) is 1. The second-order valence-electron chi connectivity index (χ2n) is 6.41. The van der Waals surface area contributed by atoms with Crippen molar-refractivity contribution in [2.45, 2.75) is 11.8 Å². The van der Waals surface area contributed by atoms with Crippen LogP contribution in [0.5, 0.6) is 5.75 Å². The number of piperazine rings is 1. The first kappa shape index (κ1) is 20.2. The molecule has 0 spiro atoms. The number of para-hydroxylation sites is 1. The molecule has 2 aromatic rings. The van der Waals surface area contributed by atoms with E-state index in [1.807, 2.05) is 25.1 Å². The average molecular weight is 410 g/mol. The van der Waals surface area contributed by atoms with E-state index in [1.54, 1.807) is 6.07 Å². The minimum absolute atomic E-state index is 0.00556. The lowest BCUT2D eigenvalue weighted by atomic mass is 10.2. The van der Waals surface area contributed by atoms with Crippen LogP contribution < -0.4 is 4.74 Å². The zero-order valence-electron chi connectivity index (χ0n) is 15.3. The number of halogens is 2. The van der Waals surface area contributed by atoms with E-state index in [2.05, 4.69) is 0 Å². The van der Waals surface area contributed by atoms with E-state index >= 15 is 0 Å². The third-order valence-corrected chi connectivity index (χ3v) is 6.46. The van der Waals surface area contributed by atoms with Crippen LogP contribution in [0.3, 0.4) is 0 Å². The van der Waals surface area contributed by atoms with Gasteiger partial charge in [-0.15, -0.1) is 0 Å². The van der Waals surface area contributed by atoms with Gasteiger partial charge in [0.25, 0.3) is 5.91 Å². The minimum Gasteiger partial charge on any atom is -0.484 e. The van der Waals surface area contributed by atoms with Crippen molar-refractivity contribution < 1.29 is 26.7 Å². The fourth-order valence-electron chi connectivity index (χ4n) is 2.94. The first-order valence-electron chi connectivity index (χ1n) is 8.70. The summed E-state index contributed by atoms with van der Waals surface area (Å²) in [5.74, 6) is -1.50. The molecule has 150 valence electrons. The van der Waals surface area contributed by atoms with Crippen LogP contribution in [0.4, 0.5) is 8.78 Å². The van der Waals surface area contributed by atoms with Crippen molar-refractivity contribution in [2.24, 2.45) is 0 Å². The van der Waals surface area contributed by atoms with Crippen molar-refractivity contribution in [3.05, 3.63) is 59.7 Å². The monoisotopic (exact) mass is 410 g/mol. The number of rotatable bonds is 5. The number of nitrogens with zero attached hydrogens (tertiary/aromatic N) is 2. The van der Waals surface area contributed by atoms with Crippen molar-refractivity contribution in [3.63, 3.8) is 0 Å². The lowest BCUT2D eigenvalue weighted by Gasteiger charge is -2.34. The van der Waals surface area contributed by atoms with Gasteiger partial charge in [-0.2, -0.15) is 4.31 Å². The SMILES string of the molecule is Cc1ccccc1OCC(=O)N1CCN(S(=O)(=O)c2cc(F)ccc2F)CC1. The number of hydrogen-bond acceptors (Lipinski definition) is 4. The Bertz CT molecular complexity index is 974. The predicted molar refractivity (Wildman–Crippen MR) is 98.4 cm³/mol. The molecule has 3 rings (SSSR count). The molecule has 0 aromatic heterocycles. The van der Waals surface area contributed by atoms with Crippen molar-refractivity contribution in [3.8, 4) is 5.75 Å². The first-order valence-corrected chi connectivity index (χ1v) is 10.1. The van der Waals surface area contributed by atoms with Crippen LogP contribution in [0.25, 0.3) is 0 Å². The van der Waals surface area contributed by atoms with Crippen LogP contribution in [0.1, 0.15) is 5.56 Å². The third-order valence-electron chi connectivity index (χ3n) is 4.55. The summed E-state index contributed by atoms with van der Waals surface area (Å²) in [6.45, 7) is 1.99. The van der Waals surface area contributed by atoms with E-state index < -0.39 is 26.6 Å². The summed E-state index contributed by atoms with van der Waals surface area (Å²) >= 11 is 0. The van der Waals surface area contributed by atoms with Crippen LogP contribution in [-0.4, -0.2) is 56.3 Å². The van der Waals surface area contributed by atoms with Crippen LogP contribution in [0.2, 0.25) is 0 Å². The molecule has 28 heavy (non-hydrogen) atoms. The molecule has 1 fully saturated rings. The highest BCUT2D eigenvalue weighted by molar-refractivity contribution is 7.89. The van der Waals surface area contributed by atoms with Gasteiger partial charge in [0.2, 0.25) is 10.0 Å². The van der Waals surface area contributed by atoms with E-state index in [1.165, 1.54) is 4.90 Å². The number of carbonyl (C=O) groups is 1. The number of aryl methyl sites for hydroxylation is 1. The predicted octanol–water partition coefficient (Wildman–Crippen LogP) is 2.19. The van der Waals surface area contributed by atoms with Gasteiger partial charge < -0.3 is 9.64 Å². The van der Waals surface area contributed by atoms with Crippen LogP contribution in [0, 0.1) is 18.6 Å². The maximum atomic E-state index is 13.9. The maximum absolute atomic E-state index is 13.9. The summed E-state index contributed by atoms with van der Waals surface area (Å²) < 4.78 is 58.9. The van der Waals surface area contributed by atoms with Crippen molar-refractivity contribution in [1.29, 1.82) is 0 Å². The lowest BCUT2D eigenvalue weighted by Crippen LogP contribution is -2.51. The van der Waals surface area contributed by atoms with Gasteiger partial charge in [0.1, 0.15) is 22.3 Å². The van der Waals surface area contributed by atoms with E-state index in [4.69, 9.17) is 4.74 Å². The van der Waals surface area contributed by atoms with Crippen LogP contribution >= 0.6 is 0 Å². The molecule has 0 atom stereocenters. The normalized spacial score (nSPS) is 15.5. The Morgan fingerprint density at radius 1 is 1.07 bits per heavy atom. The number of amides is 1. The maximum Gasteiger partial charge on any atom is 0.260 e. The standard InChI is InChI=1S/C19H20F2N2O4S/c1-14-4-2-3-5-17(14)27-13-19(24)22-8-10-23(11-9-22)28(25,26)18-12-15(20)6-7-16(18)21/h2-7,12H,8-11,13H2,1H3. The minimum atomic E-state index is -4.18. The number of carbonyl (C=O) groups excluding carboxylic acids is 1. The van der Waals surface area contributed by atoms with Gasteiger partial charge in [-0.1, -0.05) is 18.2 Å². The molecule has 1 heterocycles. The molecule has 0 bridgehead atoms. The Morgan fingerprint density at radius 3 is 2.43 bits per heavy atom. The number of hydrogen-bond donors (Lipinski definition) is 0.